The van der Waals surface area contributed by atoms with Gasteiger partial charge in [-0.1, -0.05) is 23.4 Å². The fourth-order valence-electron chi connectivity index (χ4n) is 3.29. The number of nitrogens with zero attached hydrogens (tertiary/aromatic N) is 3. The van der Waals surface area contributed by atoms with Crippen LogP contribution in [0.3, 0.4) is 0 Å². The van der Waals surface area contributed by atoms with Gasteiger partial charge in [-0.05, 0) is 37.3 Å². The van der Waals surface area contributed by atoms with Crippen molar-refractivity contribution in [1.29, 1.82) is 0 Å². The van der Waals surface area contributed by atoms with E-state index in [-0.39, 0.29) is 41.2 Å². The molecule has 0 fully saturated rings. The van der Waals surface area contributed by atoms with Crippen molar-refractivity contribution >= 4 is 17.0 Å². The molecule has 0 saturated carbocycles. The van der Waals surface area contributed by atoms with E-state index in [1.54, 1.807) is 0 Å². The molecule has 2 heterocycles. The number of hydrogen-bond acceptors (Lipinski definition) is 6. The van der Waals surface area contributed by atoms with Gasteiger partial charge in [-0.2, -0.15) is 0 Å². The van der Waals surface area contributed by atoms with Gasteiger partial charge in [0.25, 0.3) is 11.3 Å². The summed E-state index contributed by atoms with van der Waals surface area (Å²) in [5.41, 5.74) is 1.39. The summed E-state index contributed by atoms with van der Waals surface area (Å²) in [6.45, 7) is 2.89. The normalized spacial score (nSPS) is 10.9. The Morgan fingerprint density at radius 1 is 1.19 bits per heavy atom. The molecule has 2 aromatic heterocycles. The highest BCUT2D eigenvalue weighted by atomic mass is 19.1. The Balaban J connectivity index is 1.46. The lowest BCUT2D eigenvalue weighted by Gasteiger charge is -2.11. The minimum absolute atomic E-state index is 0.0844. The van der Waals surface area contributed by atoms with Gasteiger partial charge in [0.15, 0.2) is 0 Å². The lowest BCUT2D eigenvalue weighted by molar-refractivity contribution is -0.121. The molecule has 0 spiro atoms. The summed E-state index contributed by atoms with van der Waals surface area (Å²) in [4.78, 5) is 29.4. The highest BCUT2D eigenvalue weighted by Gasteiger charge is 2.17. The number of hydrogen-bond donors (Lipinski definition) is 1. The molecule has 0 bridgehead atoms. The van der Waals surface area contributed by atoms with Crippen molar-refractivity contribution in [3.05, 3.63) is 76.6 Å². The fourth-order valence-corrected chi connectivity index (χ4v) is 3.29. The van der Waals surface area contributed by atoms with Crippen LogP contribution in [0.25, 0.3) is 22.4 Å². The minimum Gasteiger partial charge on any atom is -0.494 e. The van der Waals surface area contributed by atoms with Gasteiger partial charge in [-0.15, -0.1) is 0 Å². The fraction of sp³-hybridized carbons (Fsp3) is 0.217. The third kappa shape index (κ3) is 4.51. The number of halogens is 1. The van der Waals surface area contributed by atoms with E-state index in [1.807, 2.05) is 31.2 Å². The smallest absolute Gasteiger partial charge is 0.266 e. The van der Waals surface area contributed by atoms with Crippen LogP contribution in [0.5, 0.6) is 5.75 Å². The Kier molecular flexibility index (Phi) is 6.25. The topological polar surface area (TPSA) is 99.2 Å². The average Bonchev–Trinajstić information content (AvgIpc) is 3.24. The quantitative estimate of drug-likeness (QED) is 0.455. The molecule has 32 heavy (non-hydrogen) atoms. The molecule has 0 aliphatic heterocycles. The van der Waals surface area contributed by atoms with E-state index in [9.17, 15) is 14.0 Å². The van der Waals surface area contributed by atoms with Crippen molar-refractivity contribution in [2.45, 2.75) is 26.4 Å². The Morgan fingerprint density at radius 3 is 2.75 bits per heavy atom. The molecule has 1 amide bonds. The van der Waals surface area contributed by atoms with Gasteiger partial charge >= 0.3 is 0 Å². The molecule has 0 saturated heterocycles. The van der Waals surface area contributed by atoms with Crippen molar-refractivity contribution < 1.29 is 18.4 Å². The summed E-state index contributed by atoms with van der Waals surface area (Å²) in [6.07, 6.45) is 1.41. The van der Waals surface area contributed by atoms with Gasteiger partial charge in [0.05, 0.1) is 6.61 Å². The van der Waals surface area contributed by atoms with Crippen LogP contribution in [0.2, 0.25) is 0 Å². The lowest BCUT2D eigenvalue weighted by Crippen LogP contribution is -2.27. The predicted octanol–water partition coefficient (Wildman–Crippen LogP) is 3.30. The van der Waals surface area contributed by atoms with E-state index in [0.29, 0.717) is 18.7 Å². The number of para-hydroxylation sites is 1. The van der Waals surface area contributed by atoms with E-state index >= 15 is 0 Å². The van der Waals surface area contributed by atoms with Crippen molar-refractivity contribution in [1.82, 2.24) is 20.0 Å². The van der Waals surface area contributed by atoms with Crippen molar-refractivity contribution in [2.24, 2.45) is 0 Å². The van der Waals surface area contributed by atoms with E-state index in [4.69, 9.17) is 9.26 Å². The van der Waals surface area contributed by atoms with Crippen molar-refractivity contribution in [3.63, 3.8) is 0 Å². The van der Waals surface area contributed by atoms with Crippen LogP contribution in [-0.2, 0) is 17.9 Å². The number of carbonyl (C=O) groups is 1. The summed E-state index contributed by atoms with van der Waals surface area (Å²) in [5, 5.41) is 6.94. The maximum absolute atomic E-state index is 13.2. The molecule has 1 N–H and O–H groups in total. The minimum atomic E-state index is -0.396. The summed E-state index contributed by atoms with van der Waals surface area (Å²) in [7, 11) is 0. The number of carbonyl (C=O) groups excluding carboxylic acids is 1. The molecular weight excluding hydrogens is 415 g/mol. The van der Waals surface area contributed by atoms with Gasteiger partial charge < -0.3 is 14.6 Å². The maximum atomic E-state index is 13.2. The first kappa shape index (κ1) is 21.2. The van der Waals surface area contributed by atoms with Crippen molar-refractivity contribution in [2.75, 3.05) is 6.61 Å². The van der Waals surface area contributed by atoms with E-state index < -0.39 is 5.82 Å². The number of ether oxygens (including phenoxy) is 1. The molecule has 0 aliphatic rings. The zero-order valence-electron chi connectivity index (χ0n) is 17.4. The molecular formula is C23H21FN4O4. The molecule has 9 heteroatoms. The summed E-state index contributed by atoms with van der Waals surface area (Å²) >= 11 is 0. The second kappa shape index (κ2) is 9.42. The number of aryl methyl sites for hydroxylation is 1. The first-order valence-corrected chi connectivity index (χ1v) is 10.1. The first-order chi connectivity index (χ1) is 15.6. The number of benzene rings is 2. The standard InChI is InChI=1S/C23H21FN4O4/c1-2-31-18-6-4-3-5-16(18)13-25-19(29)11-12-28-14-26-22-20(23(28)30)21(27-32-22)15-7-9-17(24)10-8-15/h3-10,14H,2,11-13H2,1H3,(H,25,29). The molecule has 0 radical (unpaired) electrons. The zero-order valence-corrected chi connectivity index (χ0v) is 17.4. The number of fused-ring (bicyclic) bond motifs is 1. The third-order valence-electron chi connectivity index (χ3n) is 4.91. The van der Waals surface area contributed by atoms with E-state index in [0.717, 1.165) is 11.3 Å². The first-order valence-electron chi connectivity index (χ1n) is 10.1. The van der Waals surface area contributed by atoms with Crippen LogP contribution in [-0.4, -0.2) is 27.2 Å². The molecule has 2 aromatic carbocycles. The average molecular weight is 436 g/mol. The third-order valence-corrected chi connectivity index (χ3v) is 4.91. The highest BCUT2D eigenvalue weighted by Crippen LogP contribution is 2.24. The Labute approximate surface area is 182 Å². The Bertz CT molecular complexity index is 1300. The molecule has 4 aromatic rings. The van der Waals surface area contributed by atoms with Gasteiger partial charge in [-0.25, -0.2) is 9.37 Å². The highest BCUT2D eigenvalue weighted by molar-refractivity contribution is 5.88. The van der Waals surface area contributed by atoms with E-state index in [1.165, 1.54) is 35.2 Å². The molecule has 0 atom stereocenters. The van der Waals surface area contributed by atoms with Crippen molar-refractivity contribution in [3.8, 4) is 17.0 Å². The predicted molar refractivity (Wildman–Crippen MR) is 116 cm³/mol. The largest absolute Gasteiger partial charge is 0.494 e. The van der Waals surface area contributed by atoms with Gasteiger partial charge in [-0.3, -0.25) is 14.2 Å². The van der Waals surface area contributed by atoms with Gasteiger partial charge in [0, 0.05) is 30.6 Å². The monoisotopic (exact) mass is 436 g/mol. The molecule has 4 rings (SSSR count). The van der Waals surface area contributed by atoms with Crippen LogP contribution in [0.4, 0.5) is 4.39 Å². The zero-order chi connectivity index (χ0) is 22.5. The van der Waals surface area contributed by atoms with Crippen LogP contribution >= 0.6 is 0 Å². The lowest BCUT2D eigenvalue weighted by atomic mass is 10.1. The van der Waals surface area contributed by atoms with Crippen LogP contribution < -0.4 is 15.6 Å². The van der Waals surface area contributed by atoms with Gasteiger partial charge in [0.2, 0.25) is 5.91 Å². The maximum Gasteiger partial charge on any atom is 0.266 e. The number of rotatable bonds is 8. The Hall–Kier alpha value is -4.01. The number of aromatic nitrogens is 3. The molecule has 8 nitrogen and oxygen atoms in total. The molecule has 164 valence electrons. The molecule has 0 unspecified atom stereocenters. The summed E-state index contributed by atoms with van der Waals surface area (Å²) in [6, 6.07) is 13.1. The van der Waals surface area contributed by atoms with E-state index in [2.05, 4.69) is 15.5 Å². The summed E-state index contributed by atoms with van der Waals surface area (Å²) < 4.78 is 25.3. The Morgan fingerprint density at radius 2 is 1.97 bits per heavy atom. The SMILES string of the molecule is CCOc1ccccc1CNC(=O)CCn1cnc2onc(-c3ccc(F)cc3)c2c1=O. The van der Waals surface area contributed by atoms with Crippen LogP contribution in [0.15, 0.2) is 64.2 Å². The second-order valence-corrected chi connectivity index (χ2v) is 7.03. The number of nitrogens with one attached hydrogen (secondary N) is 1. The van der Waals surface area contributed by atoms with Crippen LogP contribution in [0.1, 0.15) is 18.9 Å². The van der Waals surface area contributed by atoms with Gasteiger partial charge in [0.1, 0.15) is 29.0 Å². The second-order valence-electron chi connectivity index (χ2n) is 7.03. The molecule has 0 aliphatic carbocycles. The van der Waals surface area contributed by atoms with Crippen LogP contribution in [0, 0.1) is 5.82 Å². The number of amides is 1. The summed E-state index contributed by atoms with van der Waals surface area (Å²) in [5.74, 6) is 0.112.